The quantitative estimate of drug-likeness (QED) is 0.0325. The first kappa shape index (κ1) is 44.0. The molecule has 3 unspecified atom stereocenters. The van der Waals surface area contributed by atoms with Crippen LogP contribution in [0.4, 0.5) is 0 Å². The maximum atomic E-state index is 12.7. The fourth-order valence-corrected chi connectivity index (χ4v) is 5.67. The molecular weight excluding hydrogens is 587 g/mol. The Morgan fingerprint density at radius 3 is 1.87 bits per heavy atom. The molecule has 9 heteroatoms. The van der Waals surface area contributed by atoms with Crippen LogP contribution < -0.4 is 10.2 Å². The van der Waals surface area contributed by atoms with Gasteiger partial charge >= 0.3 is 0 Å². The molecule has 0 aromatic carbocycles. The van der Waals surface area contributed by atoms with E-state index < -0.39 is 20.0 Å². The Morgan fingerprint density at radius 2 is 1.29 bits per heavy atom. The molecule has 3 atom stereocenters. The zero-order valence-corrected chi connectivity index (χ0v) is 30.7. The normalized spacial score (nSPS) is 15.1. The molecule has 0 aliphatic heterocycles. The van der Waals surface area contributed by atoms with Gasteiger partial charge in [0.25, 0.3) is 7.82 Å². The Bertz CT molecular complexity index is 799. The first-order valence-corrected chi connectivity index (χ1v) is 19.6. The molecular formula is C36H71N2O6P. The van der Waals surface area contributed by atoms with Crippen molar-refractivity contribution in [3.63, 3.8) is 0 Å². The number of hydrogen-bond donors (Lipinski definition) is 2. The Kier molecular flexibility index (Phi) is 28.5. The molecule has 0 saturated heterocycles. The predicted molar refractivity (Wildman–Crippen MR) is 187 cm³/mol. The molecule has 0 saturated carbocycles. The number of nitrogens with one attached hydrogen (secondary N) is 1. The van der Waals surface area contributed by atoms with E-state index in [1.807, 2.05) is 21.1 Å². The van der Waals surface area contributed by atoms with Crippen LogP contribution in [0.1, 0.15) is 149 Å². The summed E-state index contributed by atoms with van der Waals surface area (Å²) in [6, 6.07) is -0.801. The van der Waals surface area contributed by atoms with Crippen LogP contribution in [0, 0.1) is 0 Å². The first-order chi connectivity index (χ1) is 21.5. The summed E-state index contributed by atoms with van der Waals surface area (Å²) in [5.41, 5.74) is 0. The van der Waals surface area contributed by atoms with Crippen LogP contribution in [0.3, 0.4) is 0 Å². The summed E-state index contributed by atoms with van der Waals surface area (Å²) in [7, 11) is 1.29. The molecule has 0 aromatic rings. The third-order valence-electron chi connectivity index (χ3n) is 7.94. The highest BCUT2D eigenvalue weighted by molar-refractivity contribution is 7.45. The number of hydrogen-bond acceptors (Lipinski definition) is 6. The van der Waals surface area contributed by atoms with Crippen LogP contribution in [0.25, 0.3) is 0 Å². The van der Waals surface area contributed by atoms with Crippen molar-refractivity contribution in [2.45, 2.75) is 161 Å². The number of phosphoric ester groups is 1. The lowest BCUT2D eigenvalue weighted by atomic mass is 10.0. The molecule has 1 amide bonds. The average Bonchev–Trinajstić information content (AvgIpc) is 2.97. The molecule has 0 aromatic heterocycles. The molecule has 0 spiro atoms. The van der Waals surface area contributed by atoms with Gasteiger partial charge in [-0.05, 0) is 44.9 Å². The minimum atomic E-state index is -4.55. The van der Waals surface area contributed by atoms with Crippen LogP contribution in [-0.4, -0.2) is 68.5 Å². The molecule has 0 bridgehead atoms. The van der Waals surface area contributed by atoms with Gasteiger partial charge in [0.05, 0.1) is 39.9 Å². The number of amides is 1. The smallest absolute Gasteiger partial charge is 0.268 e. The number of nitrogens with zero attached hydrogens (tertiary/aromatic N) is 1. The largest absolute Gasteiger partial charge is 0.756 e. The van der Waals surface area contributed by atoms with Crippen molar-refractivity contribution in [3.05, 3.63) is 24.3 Å². The summed E-state index contributed by atoms with van der Waals surface area (Å²) in [6.07, 6.45) is 30.5. The van der Waals surface area contributed by atoms with Crippen LogP contribution in [-0.2, 0) is 18.4 Å². The Balaban J connectivity index is 4.42. The second-order valence-corrected chi connectivity index (χ2v) is 15.0. The standard InChI is InChI=1S/C36H71N2O6P/c1-6-8-10-12-14-15-16-17-18-19-20-21-22-24-26-28-30-36(40)37-34(35(39)29-27-25-23-13-11-9-7-2)33-44-45(41,42)43-32-31-38(3,4)5/h15-16,18-19,34-35,39H,6-14,17,20-33H2,1-5H3,(H-,37,40,41,42)/b16-15-,19-18-. The topological polar surface area (TPSA) is 108 Å². The van der Waals surface area contributed by atoms with Gasteiger partial charge in [0.2, 0.25) is 5.91 Å². The van der Waals surface area contributed by atoms with Crippen molar-refractivity contribution in [3.8, 4) is 0 Å². The highest BCUT2D eigenvalue weighted by atomic mass is 31.2. The van der Waals surface area contributed by atoms with E-state index in [2.05, 4.69) is 43.5 Å². The van der Waals surface area contributed by atoms with Gasteiger partial charge in [-0.25, -0.2) is 0 Å². The van der Waals surface area contributed by atoms with Gasteiger partial charge in [0, 0.05) is 6.42 Å². The summed E-state index contributed by atoms with van der Waals surface area (Å²) in [5, 5.41) is 13.7. The number of carbonyl (C=O) groups excluding carboxylic acids is 1. The Morgan fingerprint density at radius 1 is 0.778 bits per heavy atom. The average molecular weight is 659 g/mol. The molecule has 0 radical (unpaired) electrons. The van der Waals surface area contributed by atoms with E-state index in [0.29, 0.717) is 23.9 Å². The SMILES string of the molecule is CCCCCC/C=C\C/C=C\CCCCCCCC(=O)NC(COP(=O)([O-])OCC[N+](C)(C)C)C(O)CCCCCCCCC. The fourth-order valence-electron chi connectivity index (χ4n) is 4.95. The Hall–Kier alpha value is -1.02. The van der Waals surface area contributed by atoms with Crippen molar-refractivity contribution in [1.29, 1.82) is 0 Å². The molecule has 266 valence electrons. The number of carbonyl (C=O) groups is 1. The van der Waals surface area contributed by atoms with E-state index in [9.17, 15) is 19.4 Å². The van der Waals surface area contributed by atoms with Crippen LogP contribution in [0.15, 0.2) is 24.3 Å². The second kappa shape index (κ2) is 29.1. The predicted octanol–water partition coefficient (Wildman–Crippen LogP) is 8.38. The van der Waals surface area contributed by atoms with Crippen LogP contribution >= 0.6 is 7.82 Å². The third kappa shape index (κ3) is 31.4. The van der Waals surface area contributed by atoms with Gasteiger partial charge < -0.3 is 28.8 Å². The van der Waals surface area contributed by atoms with Crippen LogP contribution in [0.2, 0.25) is 0 Å². The van der Waals surface area contributed by atoms with Gasteiger partial charge in [-0.15, -0.1) is 0 Å². The Labute approximate surface area is 277 Å². The lowest BCUT2D eigenvalue weighted by Crippen LogP contribution is -2.46. The molecule has 0 aliphatic carbocycles. The number of allylic oxidation sites excluding steroid dienone is 4. The highest BCUT2D eigenvalue weighted by Crippen LogP contribution is 2.38. The minimum Gasteiger partial charge on any atom is -0.756 e. The van der Waals surface area contributed by atoms with E-state index in [1.54, 1.807) is 0 Å². The second-order valence-electron chi connectivity index (χ2n) is 13.6. The van der Waals surface area contributed by atoms with Crippen LogP contribution in [0.5, 0.6) is 0 Å². The summed E-state index contributed by atoms with van der Waals surface area (Å²) < 4.78 is 23.0. The third-order valence-corrected chi connectivity index (χ3v) is 8.91. The lowest BCUT2D eigenvalue weighted by molar-refractivity contribution is -0.870. The first-order valence-electron chi connectivity index (χ1n) is 18.2. The maximum absolute atomic E-state index is 12.7. The molecule has 0 heterocycles. The monoisotopic (exact) mass is 659 g/mol. The van der Waals surface area contributed by atoms with E-state index in [4.69, 9.17) is 9.05 Å². The van der Waals surface area contributed by atoms with Crippen molar-refractivity contribution in [1.82, 2.24) is 5.32 Å². The lowest BCUT2D eigenvalue weighted by Gasteiger charge is -2.30. The molecule has 0 rings (SSSR count). The van der Waals surface area contributed by atoms with Gasteiger partial charge in [-0.2, -0.15) is 0 Å². The zero-order valence-electron chi connectivity index (χ0n) is 29.8. The van der Waals surface area contributed by atoms with Crippen molar-refractivity contribution in [2.24, 2.45) is 0 Å². The molecule has 0 aliphatic rings. The van der Waals surface area contributed by atoms with Crippen molar-refractivity contribution in [2.75, 3.05) is 40.9 Å². The fraction of sp³-hybridized carbons (Fsp3) is 0.861. The molecule has 2 N–H and O–H groups in total. The summed E-state index contributed by atoms with van der Waals surface area (Å²) >= 11 is 0. The van der Waals surface area contributed by atoms with E-state index in [-0.39, 0.29) is 19.1 Å². The number of quaternary nitrogens is 1. The number of likely N-dealkylation sites (N-methyl/N-ethyl adjacent to an activating group) is 1. The van der Waals surface area contributed by atoms with E-state index in [0.717, 1.165) is 64.2 Å². The van der Waals surface area contributed by atoms with E-state index >= 15 is 0 Å². The summed E-state index contributed by atoms with van der Waals surface area (Å²) in [5.74, 6) is -0.185. The van der Waals surface area contributed by atoms with Crippen molar-refractivity contribution >= 4 is 13.7 Å². The molecule has 8 nitrogen and oxygen atoms in total. The van der Waals surface area contributed by atoms with Gasteiger partial charge in [-0.1, -0.05) is 122 Å². The summed E-state index contributed by atoms with van der Waals surface area (Å²) in [4.78, 5) is 25.0. The molecule has 0 fully saturated rings. The zero-order chi connectivity index (χ0) is 33.7. The van der Waals surface area contributed by atoms with Gasteiger partial charge in [-0.3, -0.25) is 9.36 Å². The van der Waals surface area contributed by atoms with Gasteiger partial charge in [0.15, 0.2) is 0 Å². The number of phosphoric acid groups is 1. The number of unbranched alkanes of at least 4 members (excludes halogenated alkanes) is 15. The van der Waals surface area contributed by atoms with Gasteiger partial charge in [0.1, 0.15) is 13.2 Å². The number of aliphatic hydroxyl groups excluding tert-OH is 1. The minimum absolute atomic E-state index is 0.00870. The van der Waals surface area contributed by atoms with E-state index in [1.165, 1.54) is 57.8 Å². The molecule has 45 heavy (non-hydrogen) atoms. The maximum Gasteiger partial charge on any atom is 0.268 e. The van der Waals surface area contributed by atoms with Crippen molar-refractivity contribution < 1.29 is 32.9 Å². The summed E-state index contributed by atoms with van der Waals surface area (Å²) in [6.45, 7) is 4.61. The number of aliphatic hydroxyl groups is 1. The number of rotatable bonds is 32. The highest BCUT2D eigenvalue weighted by Gasteiger charge is 2.24.